The maximum atomic E-state index is 6.03. The lowest BCUT2D eigenvalue weighted by molar-refractivity contribution is 0.292. The van der Waals surface area contributed by atoms with Gasteiger partial charge in [0, 0.05) is 5.92 Å². The van der Waals surface area contributed by atoms with Crippen LogP contribution in [0.5, 0.6) is 11.5 Å². The standard InChI is InChI=1S/C20H27NO2/c1-4-12-23-19-7-5-6-17(20(19)22-3)13-18(14-21)16-10-8-15(2)9-11-16/h5-11,18H,4,12-14,21H2,1-3H3. The molecule has 2 rings (SSSR count). The van der Waals surface area contributed by atoms with E-state index in [-0.39, 0.29) is 5.92 Å². The molecule has 0 radical (unpaired) electrons. The van der Waals surface area contributed by atoms with E-state index in [1.54, 1.807) is 7.11 Å². The van der Waals surface area contributed by atoms with Crippen molar-refractivity contribution in [3.8, 4) is 11.5 Å². The number of hydrogen-bond donors (Lipinski definition) is 1. The van der Waals surface area contributed by atoms with Gasteiger partial charge in [0.25, 0.3) is 0 Å². The van der Waals surface area contributed by atoms with Crippen molar-refractivity contribution >= 4 is 0 Å². The molecule has 0 aromatic heterocycles. The van der Waals surface area contributed by atoms with Crippen molar-refractivity contribution in [2.75, 3.05) is 20.3 Å². The third-order valence-corrected chi connectivity index (χ3v) is 4.03. The van der Waals surface area contributed by atoms with Crippen LogP contribution in [-0.4, -0.2) is 20.3 Å². The summed E-state index contributed by atoms with van der Waals surface area (Å²) >= 11 is 0. The Balaban J connectivity index is 2.24. The maximum absolute atomic E-state index is 6.03. The summed E-state index contributed by atoms with van der Waals surface area (Å²) in [5.74, 6) is 1.91. The number of hydrogen-bond acceptors (Lipinski definition) is 3. The van der Waals surface area contributed by atoms with Gasteiger partial charge in [-0.3, -0.25) is 0 Å². The molecule has 0 amide bonds. The monoisotopic (exact) mass is 313 g/mol. The third-order valence-electron chi connectivity index (χ3n) is 4.03. The number of methoxy groups -OCH3 is 1. The Labute approximate surface area is 139 Å². The van der Waals surface area contributed by atoms with Crippen molar-refractivity contribution in [1.29, 1.82) is 0 Å². The zero-order valence-electron chi connectivity index (χ0n) is 14.3. The molecule has 0 spiro atoms. The Morgan fingerprint density at radius 1 is 1.09 bits per heavy atom. The molecule has 0 aliphatic heterocycles. The lowest BCUT2D eigenvalue weighted by atomic mass is 9.91. The number of aryl methyl sites for hydroxylation is 1. The molecular formula is C20H27NO2. The van der Waals surface area contributed by atoms with E-state index >= 15 is 0 Å². The second-order valence-corrected chi connectivity index (χ2v) is 5.84. The van der Waals surface area contributed by atoms with Crippen LogP contribution < -0.4 is 15.2 Å². The van der Waals surface area contributed by atoms with E-state index in [2.05, 4.69) is 44.2 Å². The quantitative estimate of drug-likeness (QED) is 0.798. The van der Waals surface area contributed by atoms with Crippen LogP contribution in [0.15, 0.2) is 42.5 Å². The molecule has 0 saturated heterocycles. The normalized spacial score (nSPS) is 12.0. The van der Waals surface area contributed by atoms with E-state index in [9.17, 15) is 0 Å². The van der Waals surface area contributed by atoms with Crippen LogP contribution in [0.1, 0.15) is 36.0 Å². The summed E-state index contributed by atoms with van der Waals surface area (Å²) in [6.45, 7) is 5.49. The lowest BCUT2D eigenvalue weighted by Gasteiger charge is -2.19. The van der Waals surface area contributed by atoms with Crippen LogP contribution in [-0.2, 0) is 6.42 Å². The van der Waals surface area contributed by atoms with E-state index in [4.69, 9.17) is 15.2 Å². The number of para-hydroxylation sites is 1. The molecular weight excluding hydrogens is 286 g/mol. The summed E-state index contributed by atoms with van der Waals surface area (Å²) in [4.78, 5) is 0. The second kappa shape index (κ2) is 8.59. The van der Waals surface area contributed by atoms with E-state index in [0.717, 1.165) is 29.9 Å². The van der Waals surface area contributed by atoms with Gasteiger partial charge in [0.1, 0.15) is 0 Å². The Kier molecular flexibility index (Phi) is 6.48. The smallest absolute Gasteiger partial charge is 0.163 e. The maximum Gasteiger partial charge on any atom is 0.163 e. The second-order valence-electron chi connectivity index (χ2n) is 5.84. The van der Waals surface area contributed by atoms with Crippen LogP contribution in [0.25, 0.3) is 0 Å². The fraction of sp³-hybridized carbons (Fsp3) is 0.400. The molecule has 1 unspecified atom stereocenters. The van der Waals surface area contributed by atoms with Gasteiger partial charge in [-0.1, -0.05) is 48.9 Å². The summed E-state index contributed by atoms with van der Waals surface area (Å²) < 4.78 is 11.4. The topological polar surface area (TPSA) is 44.5 Å². The van der Waals surface area contributed by atoms with Crippen LogP contribution in [0.2, 0.25) is 0 Å². The minimum Gasteiger partial charge on any atom is -0.493 e. The lowest BCUT2D eigenvalue weighted by Crippen LogP contribution is -2.15. The average Bonchev–Trinajstić information content (AvgIpc) is 2.58. The summed E-state index contributed by atoms with van der Waals surface area (Å²) in [6.07, 6.45) is 1.81. The minimum atomic E-state index is 0.269. The zero-order valence-corrected chi connectivity index (χ0v) is 14.3. The number of nitrogens with two attached hydrogens (primary N) is 1. The van der Waals surface area contributed by atoms with Crippen molar-refractivity contribution in [2.45, 2.75) is 32.6 Å². The highest BCUT2D eigenvalue weighted by Crippen LogP contribution is 2.34. The van der Waals surface area contributed by atoms with Crippen molar-refractivity contribution in [2.24, 2.45) is 5.73 Å². The van der Waals surface area contributed by atoms with Gasteiger partial charge in [-0.05, 0) is 43.5 Å². The van der Waals surface area contributed by atoms with E-state index in [0.29, 0.717) is 13.2 Å². The van der Waals surface area contributed by atoms with Gasteiger partial charge < -0.3 is 15.2 Å². The Morgan fingerprint density at radius 3 is 2.43 bits per heavy atom. The molecule has 0 bridgehead atoms. The van der Waals surface area contributed by atoms with E-state index in [1.807, 2.05) is 12.1 Å². The van der Waals surface area contributed by atoms with Gasteiger partial charge in [0.2, 0.25) is 0 Å². The van der Waals surface area contributed by atoms with Crippen molar-refractivity contribution in [1.82, 2.24) is 0 Å². The van der Waals surface area contributed by atoms with Crippen LogP contribution in [0.3, 0.4) is 0 Å². The summed E-state index contributed by atoms with van der Waals surface area (Å²) in [5, 5.41) is 0. The Hall–Kier alpha value is -2.00. The molecule has 0 aliphatic rings. The molecule has 0 fully saturated rings. The first-order valence-electron chi connectivity index (χ1n) is 8.24. The summed E-state index contributed by atoms with van der Waals surface area (Å²) in [7, 11) is 1.70. The van der Waals surface area contributed by atoms with Crippen molar-refractivity contribution < 1.29 is 9.47 Å². The number of rotatable bonds is 8. The largest absolute Gasteiger partial charge is 0.493 e. The van der Waals surface area contributed by atoms with Gasteiger partial charge in [-0.15, -0.1) is 0 Å². The predicted molar refractivity (Wildman–Crippen MR) is 95.5 cm³/mol. The van der Waals surface area contributed by atoms with Gasteiger partial charge in [-0.2, -0.15) is 0 Å². The van der Waals surface area contributed by atoms with Gasteiger partial charge in [-0.25, -0.2) is 0 Å². The number of ether oxygens (including phenoxy) is 2. The molecule has 124 valence electrons. The Bertz CT molecular complexity index is 608. The highest BCUT2D eigenvalue weighted by atomic mass is 16.5. The highest BCUT2D eigenvalue weighted by molar-refractivity contribution is 5.47. The van der Waals surface area contributed by atoms with Gasteiger partial charge >= 0.3 is 0 Å². The first-order valence-corrected chi connectivity index (χ1v) is 8.24. The molecule has 2 aromatic carbocycles. The summed E-state index contributed by atoms with van der Waals surface area (Å²) in [5.41, 5.74) is 9.69. The van der Waals surface area contributed by atoms with Crippen LogP contribution in [0.4, 0.5) is 0 Å². The van der Waals surface area contributed by atoms with Crippen molar-refractivity contribution in [3.05, 3.63) is 59.2 Å². The fourth-order valence-corrected chi connectivity index (χ4v) is 2.72. The Morgan fingerprint density at radius 2 is 1.83 bits per heavy atom. The van der Waals surface area contributed by atoms with E-state index in [1.165, 1.54) is 11.1 Å². The molecule has 0 aliphatic carbocycles. The predicted octanol–water partition coefficient (Wildman–Crippen LogP) is 4.08. The highest BCUT2D eigenvalue weighted by Gasteiger charge is 2.16. The molecule has 2 N–H and O–H groups in total. The van der Waals surface area contributed by atoms with Crippen LogP contribution in [0, 0.1) is 6.92 Å². The minimum absolute atomic E-state index is 0.269. The van der Waals surface area contributed by atoms with Crippen LogP contribution >= 0.6 is 0 Å². The zero-order chi connectivity index (χ0) is 16.7. The molecule has 3 heteroatoms. The fourth-order valence-electron chi connectivity index (χ4n) is 2.72. The molecule has 1 atom stereocenters. The molecule has 0 saturated carbocycles. The van der Waals surface area contributed by atoms with E-state index < -0.39 is 0 Å². The average molecular weight is 313 g/mol. The molecule has 2 aromatic rings. The first kappa shape index (κ1) is 17.4. The molecule has 0 heterocycles. The van der Waals surface area contributed by atoms with Gasteiger partial charge in [0.15, 0.2) is 11.5 Å². The summed E-state index contributed by atoms with van der Waals surface area (Å²) in [6, 6.07) is 14.7. The molecule has 3 nitrogen and oxygen atoms in total. The SMILES string of the molecule is CCCOc1cccc(CC(CN)c2ccc(C)cc2)c1OC. The first-order chi connectivity index (χ1) is 11.2. The van der Waals surface area contributed by atoms with Crippen molar-refractivity contribution in [3.63, 3.8) is 0 Å². The molecule has 23 heavy (non-hydrogen) atoms. The number of benzene rings is 2. The third kappa shape index (κ3) is 4.49. The van der Waals surface area contributed by atoms with Gasteiger partial charge in [0.05, 0.1) is 13.7 Å².